The predicted molar refractivity (Wildman–Crippen MR) is 108 cm³/mol. The molecule has 1 aromatic carbocycles. The summed E-state index contributed by atoms with van der Waals surface area (Å²) in [6.45, 7) is 4.29. The highest BCUT2D eigenvalue weighted by Crippen LogP contribution is 2.30. The number of nitrogens with zero attached hydrogens (tertiary/aromatic N) is 1. The van der Waals surface area contributed by atoms with Gasteiger partial charge < -0.3 is 5.32 Å². The molecule has 27 heavy (non-hydrogen) atoms. The van der Waals surface area contributed by atoms with Crippen LogP contribution < -0.4 is 5.32 Å². The van der Waals surface area contributed by atoms with E-state index in [-0.39, 0.29) is 34.9 Å². The molecule has 2 unspecified atom stereocenters. The minimum atomic E-state index is -0.226. The summed E-state index contributed by atoms with van der Waals surface area (Å²) < 4.78 is 0. The fourth-order valence-electron chi connectivity index (χ4n) is 3.67. The Balaban J connectivity index is 1.63. The number of imide groups is 1. The lowest BCUT2D eigenvalue weighted by Gasteiger charge is -2.36. The van der Waals surface area contributed by atoms with Crippen LogP contribution in [-0.2, 0) is 9.59 Å². The quantitative estimate of drug-likeness (QED) is 0.778. The van der Waals surface area contributed by atoms with Crippen molar-refractivity contribution >= 4 is 34.9 Å². The average Bonchev–Trinajstić information content (AvgIpc) is 2.99. The largest absolute Gasteiger partial charge is 0.348 e. The molecule has 2 aliphatic rings. The van der Waals surface area contributed by atoms with Gasteiger partial charge in [0.15, 0.2) is 0 Å². The van der Waals surface area contributed by atoms with Gasteiger partial charge in [-0.3, -0.25) is 19.3 Å². The molecular formula is C21H26N2O3S. The SMILES string of the molecule is CC(C)c1ccc(/C=C/C(=O)NC2CCCCC2N2C(=O)CSC2=O)cc1. The van der Waals surface area contributed by atoms with Crippen LogP contribution in [-0.4, -0.2) is 39.8 Å². The van der Waals surface area contributed by atoms with Crippen LogP contribution in [0.2, 0.25) is 0 Å². The number of carbonyl (C=O) groups is 3. The summed E-state index contributed by atoms with van der Waals surface area (Å²) in [5.41, 5.74) is 2.23. The first-order chi connectivity index (χ1) is 13.0. The van der Waals surface area contributed by atoms with Gasteiger partial charge in [-0.15, -0.1) is 0 Å². The van der Waals surface area contributed by atoms with E-state index in [0.29, 0.717) is 5.92 Å². The maximum absolute atomic E-state index is 12.4. The van der Waals surface area contributed by atoms with Gasteiger partial charge in [-0.2, -0.15) is 0 Å². The fraction of sp³-hybridized carbons (Fsp3) is 0.476. The topological polar surface area (TPSA) is 66.5 Å². The predicted octanol–water partition coefficient (Wildman–Crippen LogP) is 3.95. The van der Waals surface area contributed by atoms with E-state index in [9.17, 15) is 14.4 Å². The van der Waals surface area contributed by atoms with Crippen molar-refractivity contribution in [2.24, 2.45) is 0 Å². The van der Waals surface area contributed by atoms with Crippen LogP contribution in [0, 0.1) is 0 Å². The monoisotopic (exact) mass is 386 g/mol. The molecule has 0 bridgehead atoms. The Hall–Kier alpha value is -2.08. The van der Waals surface area contributed by atoms with Crippen LogP contribution in [0.3, 0.4) is 0 Å². The lowest BCUT2D eigenvalue weighted by atomic mass is 9.89. The van der Waals surface area contributed by atoms with Crippen molar-refractivity contribution in [2.45, 2.75) is 57.5 Å². The molecule has 144 valence electrons. The van der Waals surface area contributed by atoms with Gasteiger partial charge in [0.1, 0.15) is 0 Å². The molecule has 2 fully saturated rings. The van der Waals surface area contributed by atoms with Crippen LogP contribution >= 0.6 is 11.8 Å². The Labute approximate surface area is 164 Å². The van der Waals surface area contributed by atoms with E-state index < -0.39 is 0 Å². The summed E-state index contributed by atoms with van der Waals surface area (Å²) in [5.74, 6) is 0.356. The molecule has 0 radical (unpaired) electrons. The van der Waals surface area contributed by atoms with Crippen LogP contribution in [0.15, 0.2) is 30.3 Å². The molecule has 1 aliphatic carbocycles. The molecule has 5 nitrogen and oxygen atoms in total. The normalized spacial score (nSPS) is 23.4. The standard InChI is InChI=1S/C21H26N2O3S/c1-14(2)16-10-7-15(8-11-16)9-12-19(24)22-17-5-3-4-6-18(17)23-20(25)13-27-21(23)26/h7-12,14,17-18H,3-6,13H2,1-2H3,(H,22,24)/b12-9+. The summed E-state index contributed by atoms with van der Waals surface area (Å²) >= 11 is 1.05. The molecule has 6 heteroatoms. The first-order valence-corrected chi connectivity index (χ1v) is 10.5. The van der Waals surface area contributed by atoms with Crippen molar-refractivity contribution in [3.63, 3.8) is 0 Å². The minimum absolute atomic E-state index is 0.142. The third-order valence-corrected chi connectivity index (χ3v) is 6.04. The molecule has 3 rings (SSSR count). The number of rotatable bonds is 5. The van der Waals surface area contributed by atoms with Crippen LogP contribution in [0.25, 0.3) is 6.08 Å². The zero-order valence-electron chi connectivity index (χ0n) is 15.8. The molecule has 1 saturated carbocycles. The third kappa shape index (κ3) is 4.80. The molecule has 2 atom stereocenters. The van der Waals surface area contributed by atoms with Gasteiger partial charge in [0, 0.05) is 6.08 Å². The van der Waals surface area contributed by atoms with Gasteiger partial charge in [-0.05, 0) is 36.0 Å². The summed E-state index contributed by atoms with van der Waals surface area (Å²) in [6.07, 6.45) is 6.82. The molecule has 1 saturated heterocycles. The second-order valence-electron chi connectivity index (χ2n) is 7.44. The Kier molecular flexibility index (Phi) is 6.37. The molecule has 0 spiro atoms. The molecule has 1 N–H and O–H groups in total. The maximum atomic E-state index is 12.4. The number of amides is 3. The highest BCUT2D eigenvalue weighted by molar-refractivity contribution is 8.14. The average molecular weight is 387 g/mol. The Bertz CT molecular complexity index is 726. The zero-order valence-corrected chi connectivity index (χ0v) is 16.6. The van der Waals surface area contributed by atoms with E-state index in [0.717, 1.165) is 43.0 Å². The van der Waals surface area contributed by atoms with Crippen LogP contribution in [0.1, 0.15) is 56.6 Å². The van der Waals surface area contributed by atoms with Gasteiger partial charge in [0.2, 0.25) is 11.8 Å². The van der Waals surface area contributed by atoms with E-state index in [1.165, 1.54) is 16.5 Å². The number of hydrogen-bond donors (Lipinski definition) is 1. The highest BCUT2D eigenvalue weighted by atomic mass is 32.2. The highest BCUT2D eigenvalue weighted by Gasteiger charge is 2.40. The van der Waals surface area contributed by atoms with E-state index >= 15 is 0 Å². The number of nitrogens with one attached hydrogen (secondary N) is 1. The van der Waals surface area contributed by atoms with Crippen molar-refractivity contribution in [3.05, 3.63) is 41.5 Å². The van der Waals surface area contributed by atoms with E-state index in [1.54, 1.807) is 6.08 Å². The third-order valence-electron chi connectivity index (χ3n) is 5.20. The lowest BCUT2D eigenvalue weighted by Crippen LogP contribution is -2.54. The summed E-state index contributed by atoms with van der Waals surface area (Å²) in [7, 11) is 0. The van der Waals surface area contributed by atoms with E-state index in [1.807, 2.05) is 12.1 Å². The van der Waals surface area contributed by atoms with Crippen molar-refractivity contribution in [1.29, 1.82) is 0 Å². The van der Waals surface area contributed by atoms with Crippen molar-refractivity contribution < 1.29 is 14.4 Å². The molecule has 3 amide bonds. The first-order valence-electron chi connectivity index (χ1n) is 9.53. The Morgan fingerprint density at radius 2 is 1.89 bits per heavy atom. The van der Waals surface area contributed by atoms with E-state index in [2.05, 4.69) is 31.3 Å². The van der Waals surface area contributed by atoms with E-state index in [4.69, 9.17) is 0 Å². The van der Waals surface area contributed by atoms with Crippen LogP contribution in [0.5, 0.6) is 0 Å². The smallest absolute Gasteiger partial charge is 0.289 e. The van der Waals surface area contributed by atoms with Gasteiger partial charge in [0.25, 0.3) is 5.24 Å². The molecule has 1 aromatic rings. The van der Waals surface area contributed by atoms with Crippen molar-refractivity contribution in [2.75, 3.05) is 5.75 Å². The molecule has 0 aromatic heterocycles. The first kappa shape index (κ1) is 19.7. The number of thioether (sulfide) groups is 1. The van der Waals surface area contributed by atoms with Crippen LogP contribution in [0.4, 0.5) is 4.79 Å². The Morgan fingerprint density at radius 1 is 1.19 bits per heavy atom. The molecular weight excluding hydrogens is 360 g/mol. The number of benzene rings is 1. The lowest BCUT2D eigenvalue weighted by molar-refractivity contribution is -0.128. The number of hydrogen-bond acceptors (Lipinski definition) is 4. The van der Waals surface area contributed by atoms with Gasteiger partial charge in [0.05, 0.1) is 17.8 Å². The fourth-order valence-corrected chi connectivity index (χ4v) is 4.43. The second-order valence-corrected chi connectivity index (χ2v) is 8.37. The molecule has 1 heterocycles. The summed E-state index contributed by atoms with van der Waals surface area (Å²) in [5, 5.41) is 2.82. The van der Waals surface area contributed by atoms with Crippen molar-refractivity contribution in [1.82, 2.24) is 10.2 Å². The maximum Gasteiger partial charge on any atom is 0.289 e. The minimum Gasteiger partial charge on any atom is -0.348 e. The second kappa shape index (κ2) is 8.74. The Morgan fingerprint density at radius 3 is 2.52 bits per heavy atom. The van der Waals surface area contributed by atoms with Gasteiger partial charge in [-0.25, -0.2) is 0 Å². The zero-order chi connectivity index (χ0) is 19.4. The molecule has 1 aliphatic heterocycles. The number of carbonyl (C=O) groups excluding carboxylic acids is 3. The van der Waals surface area contributed by atoms with Gasteiger partial charge >= 0.3 is 0 Å². The summed E-state index contributed by atoms with van der Waals surface area (Å²) in [4.78, 5) is 37.9. The van der Waals surface area contributed by atoms with Gasteiger partial charge in [-0.1, -0.05) is 62.7 Å². The summed E-state index contributed by atoms with van der Waals surface area (Å²) in [6, 6.07) is 7.74. The van der Waals surface area contributed by atoms with Crippen molar-refractivity contribution in [3.8, 4) is 0 Å².